The van der Waals surface area contributed by atoms with Crippen molar-refractivity contribution in [1.29, 1.82) is 5.26 Å². The van der Waals surface area contributed by atoms with Crippen molar-refractivity contribution < 1.29 is 14.3 Å². The van der Waals surface area contributed by atoms with Crippen molar-refractivity contribution in [3.8, 4) is 22.9 Å². The van der Waals surface area contributed by atoms with Crippen LogP contribution in [0.2, 0.25) is 0 Å². The van der Waals surface area contributed by atoms with Gasteiger partial charge in [-0.3, -0.25) is 9.55 Å². The van der Waals surface area contributed by atoms with Crippen molar-refractivity contribution in [3.63, 3.8) is 0 Å². The molecular formula is C24H14FN5O2. The van der Waals surface area contributed by atoms with E-state index in [0.717, 1.165) is 0 Å². The Morgan fingerprint density at radius 1 is 1.06 bits per heavy atom. The highest BCUT2D eigenvalue weighted by Gasteiger charge is 2.20. The average Bonchev–Trinajstić information content (AvgIpc) is 3.13. The summed E-state index contributed by atoms with van der Waals surface area (Å²) in [6.07, 6.45) is 3.01. The lowest BCUT2D eigenvalue weighted by atomic mass is 10.0. The Hall–Kier alpha value is -4.64. The zero-order valence-electron chi connectivity index (χ0n) is 16.7. The summed E-state index contributed by atoms with van der Waals surface area (Å²) in [5.41, 5.74) is 3.21. The van der Waals surface area contributed by atoms with Crippen LogP contribution in [-0.2, 0) is 0 Å². The van der Waals surface area contributed by atoms with Gasteiger partial charge in [0.1, 0.15) is 34.4 Å². The molecule has 0 saturated heterocycles. The number of rotatable bonds is 3. The Kier molecular flexibility index (Phi) is 4.38. The largest absolute Gasteiger partial charge is 0.478 e. The normalized spacial score (nSPS) is 11.0. The van der Waals surface area contributed by atoms with Crippen LogP contribution in [0.5, 0.6) is 0 Å². The lowest BCUT2D eigenvalue weighted by Crippen LogP contribution is -2.01. The van der Waals surface area contributed by atoms with Crippen molar-refractivity contribution in [2.45, 2.75) is 6.92 Å². The number of fused-ring (bicyclic) bond motifs is 2. The first kappa shape index (κ1) is 19.3. The third kappa shape index (κ3) is 2.96. The number of nitrogens with zero attached hydrogens (tertiary/aromatic N) is 5. The molecule has 0 amide bonds. The highest BCUT2D eigenvalue weighted by molar-refractivity contribution is 6.04. The van der Waals surface area contributed by atoms with E-state index in [4.69, 9.17) is 0 Å². The second-order valence-electron chi connectivity index (χ2n) is 7.20. The van der Waals surface area contributed by atoms with Crippen LogP contribution in [0.4, 0.5) is 4.39 Å². The standard InChI is InChI=1S/C24H14FN5O2/c1-13-29-23-18(24(31)32)10-15(14-5-7-27-16(9-14)12-26)11-21(23)30(13)20-6-8-28-22-17(20)3-2-4-19(22)25/h2-11H,1H3,(H,31,32). The smallest absolute Gasteiger partial charge is 0.337 e. The van der Waals surface area contributed by atoms with E-state index in [9.17, 15) is 19.6 Å². The molecule has 7 nitrogen and oxygen atoms in total. The molecule has 5 rings (SSSR count). The van der Waals surface area contributed by atoms with E-state index < -0.39 is 11.8 Å². The second-order valence-corrected chi connectivity index (χ2v) is 7.20. The number of benzene rings is 2. The fraction of sp³-hybridized carbons (Fsp3) is 0.0417. The van der Waals surface area contributed by atoms with Gasteiger partial charge in [0.2, 0.25) is 0 Å². The van der Waals surface area contributed by atoms with Gasteiger partial charge >= 0.3 is 5.97 Å². The van der Waals surface area contributed by atoms with E-state index in [0.29, 0.717) is 39.1 Å². The van der Waals surface area contributed by atoms with Crippen LogP contribution in [-0.4, -0.2) is 30.6 Å². The van der Waals surface area contributed by atoms with E-state index >= 15 is 0 Å². The van der Waals surface area contributed by atoms with Gasteiger partial charge in [-0.2, -0.15) is 5.26 Å². The Bertz CT molecular complexity index is 1600. The van der Waals surface area contributed by atoms with Gasteiger partial charge in [-0.25, -0.2) is 19.2 Å². The molecular weight excluding hydrogens is 409 g/mol. The molecule has 2 aromatic carbocycles. The molecule has 0 unspecified atom stereocenters. The van der Waals surface area contributed by atoms with Gasteiger partial charge in [0.15, 0.2) is 0 Å². The molecule has 0 atom stereocenters. The summed E-state index contributed by atoms with van der Waals surface area (Å²) in [7, 11) is 0. The minimum Gasteiger partial charge on any atom is -0.478 e. The molecule has 3 aromatic heterocycles. The Morgan fingerprint density at radius 2 is 1.88 bits per heavy atom. The van der Waals surface area contributed by atoms with E-state index in [1.54, 1.807) is 41.8 Å². The SMILES string of the molecule is Cc1nc2c(C(=O)O)cc(-c3ccnc(C#N)c3)cc2n1-c1ccnc2c(F)cccc12. The number of aryl methyl sites for hydroxylation is 1. The summed E-state index contributed by atoms with van der Waals surface area (Å²) in [4.78, 5) is 24.7. The number of imidazole rings is 1. The number of hydrogen-bond donors (Lipinski definition) is 1. The first-order valence-electron chi connectivity index (χ1n) is 9.64. The molecule has 0 radical (unpaired) electrons. The first-order chi connectivity index (χ1) is 15.5. The third-order valence-corrected chi connectivity index (χ3v) is 5.31. The van der Waals surface area contributed by atoms with Gasteiger partial charge in [0, 0.05) is 17.8 Å². The number of carboxylic acid groups (broad SMARTS) is 1. The van der Waals surface area contributed by atoms with E-state index in [-0.39, 0.29) is 16.8 Å². The molecule has 3 heterocycles. The Labute approximate surface area is 181 Å². The van der Waals surface area contributed by atoms with Gasteiger partial charge in [-0.05, 0) is 54.4 Å². The molecule has 0 aliphatic rings. The number of para-hydroxylation sites is 1. The van der Waals surface area contributed by atoms with Crippen LogP contribution in [0.3, 0.4) is 0 Å². The van der Waals surface area contributed by atoms with E-state index in [1.165, 1.54) is 24.5 Å². The predicted molar refractivity (Wildman–Crippen MR) is 116 cm³/mol. The van der Waals surface area contributed by atoms with Gasteiger partial charge in [0.25, 0.3) is 0 Å². The van der Waals surface area contributed by atoms with Crippen LogP contribution in [0.25, 0.3) is 38.8 Å². The van der Waals surface area contributed by atoms with Gasteiger partial charge in [-0.1, -0.05) is 12.1 Å². The fourth-order valence-corrected chi connectivity index (χ4v) is 3.92. The predicted octanol–water partition coefficient (Wildman–Crippen LogP) is 4.65. The van der Waals surface area contributed by atoms with Crippen molar-refractivity contribution in [2.75, 3.05) is 0 Å². The van der Waals surface area contributed by atoms with Crippen molar-refractivity contribution >= 4 is 27.9 Å². The highest BCUT2D eigenvalue weighted by atomic mass is 19.1. The summed E-state index contributed by atoms with van der Waals surface area (Å²) >= 11 is 0. The van der Waals surface area contributed by atoms with Crippen LogP contribution < -0.4 is 0 Å². The molecule has 32 heavy (non-hydrogen) atoms. The molecule has 0 saturated carbocycles. The summed E-state index contributed by atoms with van der Waals surface area (Å²) < 4.78 is 16.1. The Morgan fingerprint density at radius 3 is 2.66 bits per heavy atom. The number of pyridine rings is 2. The molecule has 0 aliphatic carbocycles. The minimum atomic E-state index is -1.12. The van der Waals surface area contributed by atoms with Crippen LogP contribution >= 0.6 is 0 Å². The molecule has 1 N–H and O–H groups in total. The van der Waals surface area contributed by atoms with Crippen molar-refractivity contribution in [1.82, 2.24) is 19.5 Å². The maximum Gasteiger partial charge on any atom is 0.337 e. The van der Waals surface area contributed by atoms with Crippen molar-refractivity contribution in [3.05, 3.63) is 83.8 Å². The molecule has 5 aromatic rings. The average molecular weight is 423 g/mol. The van der Waals surface area contributed by atoms with E-state index in [2.05, 4.69) is 15.0 Å². The van der Waals surface area contributed by atoms with Gasteiger partial charge in [-0.15, -0.1) is 0 Å². The van der Waals surface area contributed by atoms with Gasteiger partial charge < -0.3 is 5.11 Å². The summed E-state index contributed by atoms with van der Waals surface area (Å²) in [6, 6.07) is 15.1. The third-order valence-electron chi connectivity index (χ3n) is 5.31. The number of nitriles is 1. The molecule has 0 fully saturated rings. The first-order valence-corrected chi connectivity index (χ1v) is 9.64. The quantitative estimate of drug-likeness (QED) is 0.453. The molecule has 0 bridgehead atoms. The van der Waals surface area contributed by atoms with Crippen LogP contribution in [0.15, 0.2) is 60.9 Å². The monoisotopic (exact) mass is 423 g/mol. The van der Waals surface area contributed by atoms with Crippen molar-refractivity contribution in [2.24, 2.45) is 0 Å². The second kappa shape index (κ2) is 7.25. The maximum atomic E-state index is 14.4. The molecule has 8 heteroatoms. The van der Waals surface area contributed by atoms with Gasteiger partial charge in [0.05, 0.1) is 16.8 Å². The van der Waals surface area contributed by atoms with E-state index in [1.807, 2.05) is 12.1 Å². The van der Waals surface area contributed by atoms with Crippen LogP contribution in [0, 0.1) is 24.1 Å². The minimum absolute atomic E-state index is 0.0270. The Balaban J connectivity index is 1.87. The summed E-state index contributed by atoms with van der Waals surface area (Å²) in [6.45, 7) is 1.76. The summed E-state index contributed by atoms with van der Waals surface area (Å²) in [5.74, 6) is -1.02. The molecule has 0 aliphatic heterocycles. The molecule has 0 spiro atoms. The lowest BCUT2D eigenvalue weighted by Gasteiger charge is -2.12. The molecule has 154 valence electrons. The highest BCUT2D eigenvalue weighted by Crippen LogP contribution is 2.32. The maximum absolute atomic E-state index is 14.4. The number of carbonyl (C=O) groups is 1. The zero-order valence-corrected chi connectivity index (χ0v) is 16.7. The fourth-order valence-electron chi connectivity index (χ4n) is 3.92. The zero-order chi connectivity index (χ0) is 22.4. The number of hydrogen-bond acceptors (Lipinski definition) is 5. The topological polar surface area (TPSA) is 105 Å². The summed E-state index contributed by atoms with van der Waals surface area (Å²) in [5, 5.41) is 19.6. The lowest BCUT2D eigenvalue weighted by molar-refractivity contribution is 0.0699. The number of halogens is 1. The number of aromatic carboxylic acids is 1. The number of carboxylic acids is 1. The van der Waals surface area contributed by atoms with Crippen LogP contribution in [0.1, 0.15) is 21.9 Å². The number of aromatic nitrogens is 4.